The second-order valence-corrected chi connectivity index (χ2v) is 7.15. The second kappa shape index (κ2) is 6.70. The predicted molar refractivity (Wildman–Crippen MR) is 83.3 cm³/mol. The quantitative estimate of drug-likeness (QED) is 0.688. The Morgan fingerprint density at radius 1 is 1.17 bits per heavy atom. The first kappa shape index (κ1) is 14.1. The Bertz CT molecular complexity index is 335. The molecule has 18 heavy (non-hydrogen) atoms. The molecular formula is C16H23BS. The van der Waals surface area contributed by atoms with Gasteiger partial charge in [-0.2, -0.15) is 11.8 Å². The van der Waals surface area contributed by atoms with E-state index in [0.29, 0.717) is 0 Å². The molecule has 96 valence electrons. The van der Waals surface area contributed by atoms with Gasteiger partial charge in [-0.1, -0.05) is 68.3 Å². The Kier molecular flexibility index (Phi) is 5.23. The number of thioether (sulfide) groups is 1. The fraction of sp³-hybridized carbons (Fsp3) is 0.625. The van der Waals surface area contributed by atoms with E-state index >= 15 is 0 Å². The van der Waals surface area contributed by atoms with Crippen molar-refractivity contribution in [2.75, 3.05) is 0 Å². The van der Waals surface area contributed by atoms with E-state index in [1.807, 2.05) is 0 Å². The summed E-state index contributed by atoms with van der Waals surface area (Å²) in [5.74, 6) is 1.16. The molecule has 0 bridgehead atoms. The SMILES string of the molecule is [B]C1(C)CCCC(SCc2ccccc2)CCC1. The first-order valence-electron chi connectivity index (χ1n) is 7.10. The summed E-state index contributed by atoms with van der Waals surface area (Å²) < 4.78 is 0. The highest BCUT2D eigenvalue weighted by Gasteiger charge is 2.21. The monoisotopic (exact) mass is 258 g/mol. The van der Waals surface area contributed by atoms with Gasteiger partial charge in [0, 0.05) is 11.0 Å². The van der Waals surface area contributed by atoms with E-state index in [9.17, 15) is 0 Å². The number of benzene rings is 1. The van der Waals surface area contributed by atoms with E-state index in [2.05, 4.69) is 49.0 Å². The summed E-state index contributed by atoms with van der Waals surface area (Å²) in [5.41, 5.74) is 1.45. The average Bonchev–Trinajstić information content (AvgIpc) is 2.34. The molecule has 0 saturated heterocycles. The van der Waals surface area contributed by atoms with Gasteiger partial charge in [0.15, 0.2) is 0 Å². The van der Waals surface area contributed by atoms with Crippen LogP contribution in [-0.2, 0) is 5.75 Å². The normalized spacial score (nSPS) is 29.5. The second-order valence-electron chi connectivity index (χ2n) is 5.86. The average molecular weight is 258 g/mol. The maximum atomic E-state index is 6.25. The largest absolute Gasteiger partial charge is 0.154 e. The van der Waals surface area contributed by atoms with Crippen molar-refractivity contribution < 1.29 is 0 Å². The van der Waals surface area contributed by atoms with Gasteiger partial charge in [-0.3, -0.25) is 0 Å². The van der Waals surface area contributed by atoms with Crippen molar-refractivity contribution in [3.8, 4) is 0 Å². The third-order valence-corrected chi connectivity index (χ3v) is 5.32. The van der Waals surface area contributed by atoms with Crippen LogP contribution >= 0.6 is 11.8 Å². The summed E-state index contributed by atoms with van der Waals surface area (Å²) >= 11 is 2.13. The highest BCUT2D eigenvalue weighted by Crippen LogP contribution is 2.39. The molecule has 2 rings (SSSR count). The molecule has 1 fully saturated rings. The zero-order valence-corrected chi connectivity index (χ0v) is 12.2. The molecule has 0 spiro atoms. The summed E-state index contributed by atoms with van der Waals surface area (Å²) in [6.45, 7) is 2.21. The van der Waals surface area contributed by atoms with Crippen LogP contribution in [0.3, 0.4) is 0 Å². The highest BCUT2D eigenvalue weighted by atomic mass is 32.2. The van der Waals surface area contributed by atoms with Crippen molar-refractivity contribution in [3.05, 3.63) is 35.9 Å². The van der Waals surface area contributed by atoms with Crippen LogP contribution in [0.25, 0.3) is 0 Å². The minimum absolute atomic E-state index is 0.0923. The molecule has 0 unspecified atom stereocenters. The van der Waals surface area contributed by atoms with Gasteiger partial charge < -0.3 is 0 Å². The first-order chi connectivity index (χ1) is 8.66. The lowest BCUT2D eigenvalue weighted by Crippen LogP contribution is -2.15. The Hall–Kier alpha value is -0.365. The van der Waals surface area contributed by atoms with Crippen molar-refractivity contribution in [1.82, 2.24) is 0 Å². The van der Waals surface area contributed by atoms with Gasteiger partial charge in [0.1, 0.15) is 0 Å². The Balaban J connectivity index is 1.77. The van der Waals surface area contributed by atoms with Crippen LogP contribution in [-0.4, -0.2) is 13.1 Å². The summed E-state index contributed by atoms with van der Waals surface area (Å²) in [4.78, 5) is 0. The van der Waals surface area contributed by atoms with E-state index in [4.69, 9.17) is 7.85 Å². The Morgan fingerprint density at radius 2 is 1.78 bits per heavy atom. The summed E-state index contributed by atoms with van der Waals surface area (Å²) in [7, 11) is 6.25. The van der Waals surface area contributed by atoms with Crippen LogP contribution in [0.1, 0.15) is 51.0 Å². The molecule has 0 heterocycles. The van der Waals surface area contributed by atoms with E-state index in [1.54, 1.807) is 0 Å². The van der Waals surface area contributed by atoms with Crippen LogP contribution in [0.5, 0.6) is 0 Å². The van der Waals surface area contributed by atoms with Gasteiger partial charge in [-0.25, -0.2) is 0 Å². The van der Waals surface area contributed by atoms with Crippen LogP contribution in [0.4, 0.5) is 0 Å². The fourth-order valence-electron chi connectivity index (χ4n) is 2.69. The number of rotatable bonds is 3. The molecule has 0 N–H and O–H groups in total. The molecular weight excluding hydrogens is 235 g/mol. The van der Waals surface area contributed by atoms with Crippen molar-refractivity contribution in [2.45, 2.75) is 61.8 Å². The smallest absolute Gasteiger partial charge is 0.0742 e. The van der Waals surface area contributed by atoms with Crippen LogP contribution < -0.4 is 0 Å². The molecule has 1 aliphatic carbocycles. The predicted octanol–water partition coefficient (Wildman–Crippen LogP) is 4.99. The molecule has 1 aromatic rings. The van der Waals surface area contributed by atoms with E-state index in [0.717, 1.165) is 11.0 Å². The summed E-state index contributed by atoms with van der Waals surface area (Å²) in [6, 6.07) is 10.8. The maximum absolute atomic E-state index is 6.25. The maximum Gasteiger partial charge on any atom is 0.0742 e. The minimum atomic E-state index is 0.0923. The van der Waals surface area contributed by atoms with Crippen molar-refractivity contribution >= 4 is 19.6 Å². The molecule has 1 aliphatic rings. The van der Waals surface area contributed by atoms with Gasteiger partial charge in [-0.15, -0.1) is 0 Å². The molecule has 2 radical (unpaired) electrons. The topological polar surface area (TPSA) is 0 Å². The van der Waals surface area contributed by atoms with E-state index < -0.39 is 0 Å². The highest BCUT2D eigenvalue weighted by molar-refractivity contribution is 7.99. The Morgan fingerprint density at radius 3 is 2.39 bits per heavy atom. The van der Waals surface area contributed by atoms with Crippen LogP contribution in [0.15, 0.2) is 30.3 Å². The van der Waals surface area contributed by atoms with Gasteiger partial charge in [0.2, 0.25) is 0 Å². The molecule has 0 atom stereocenters. The molecule has 2 heteroatoms. The molecule has 0 amide bonds. The fourth-order valence-corrected chi connectivity index (χ4v) is 3.98. The summed E-state index contributed by atoms with van der Waals surface area (Å²) in [6.07, 6.45) is 7.64. The third-order valence-electron chi connectivity index (χ3n) is 3.88. The molecule has 1 saturated carbocycles. The van der Waals surface area contributed by atoms with Gasteiger partial charge in [-0.05, 0) is 18.4 Å². The van der Waals surface area contributed by atoms with Crippen molar-refractivity contribution in [1.29, 1.82) is 0 Å². The number of hydrogen-bond donors (Lipinski definition) is 0. The minimum Gasteiger partial charge on any atom is -0.154 e. The summed E-state index contributed by atoms with van der Waals surface area (Å²) in [5, 5.41) is 0.927. The molecule has 0 aliphatic heterocycles. The molecule has 1 aromatic carbocycles. The lowest BCUT2D eigenvalue weighted by molar-refractivity contribution is 0.426. The van der Waals surface area contributed by atoms with E-state index in [1.165, 1.54) is 44.1 Å². The molecule has 0 aromatic heterocycles. The third kappa shape index (κ3) is 4.72. The molecule has 0 nitrogen and oxygen atoms in total. The zero-order valence-electron chi connectivity index (χ0n) is 11.4. The van der Waals surface area contributed by atoms with E-state index in [-0.39, 0.29) is 5.31 Å². The van der Waals surface area contributed by atoms with Crippen molar-refractivity contribution in [3.63, 3.8) is 0 Å². The lowest BCUT2D eigenvalue weighted by Gasteiger charge is -2.30. The Labute approximate surface area is 117 Å². The lowest BCUT2D eigenvalue weighted by atomic mass is 9.63. The standard InChI is InChI=1S/C16H23BS/c1-16(17)11-5-9-15(10-6-12-16)18-13-14-7-3-2-4-8-14/h2-4,7-8,15H,5-6,9-13H2,1H3. The van der Waals surface area contributed by atoms with Gasteiger partial charge in [0.05, 0.1) is 7.85 Å². The number of hydrogen-bond acceptors (Lipinski definition) is 1. The van der Waals surface area contributed by atoms with Crippen LogP contribution in [0.2, 0.25) is 5.31 Å². The first-order valence-corrected chi connectivity index (χ1v) is 8.15. The van der Waals surface area contributed by atoms with Crippen molar-refractivity contribution in [2.24, 2.45) is 0 Å². The van der Waals surface area contributed by atoms with Gasteiger partial charge in [0.25, 0.3) is 0 Å². The van der Waals surface area contributed by atoms with Crippen LogP contribution in [0, 0.1) is 0 Å². The zero-order chi connectivity index (χ0) is 12.8. The van der Waals surface area contributed by atoms with Gasteiger partial charge >= 0.3 is 0 Å².